The Labute approximate surface area is 132 Å². The standard InChI is InChI=1S/C16H19BrFN3/c1-11-10-21(13-5-3-2-4-6-13)16(19-11)20-15-9-12(18)7-8-14(15)17/h7-10,13H,2-6H2,1H3,(H,19,20). The van der Waals surface area contributed by atoms with Gasteiger partial charge in [-0.05, 0) is 53.9 Å². The summed E-state index contributed by atoms with van der Waals surface area (Å²) in [6.07, 6.45) is 8.33. The van der Waals surface area contributed by atoms with Gasteiger partial charge < -0.3 is 9.88 Å². The summed E-state index contributed by atoms with van der Waals surface area (Å²) in [7, 11) is 0. The van der Waals surface area contributed by atoms with E-state index in [-0.39, 0.29) is 5.82 Å². The Morgan fingerprint density at radius 2 is 2.05 bits per heavy atom. The van der Waals surface area contributed by atoms with Gasteiger partial charge in [-0.25, -0.2) is 9.37 Å². The molecule has 21 heavy (non-hydrogen) atoms. The first-order valence-electron chi connectivity index (χ1n) is 7.41. The van der Waals surface area contributed by atoms with Gasteiger partial charge in [-0.2, -0.15) is 0 Å². The minimum atomic E-state index is -0.256. The highest BCUT2D eigenvalue weighted by molar-refractivity contribution is 9.10. The van der Waals surface area contributed by atoms with Crippen molar-refractivity contribution < 1.29 is 4.39 Å². The highest BCUT2D eigenvalue weighted by Crippen LogP contribution is 2.33. The van der Waals surface area contributed by atoms with Crippen LogP contribution in [0.3, 0.4) is 0 Å². The predicted octanol–water partition coefficient (Wildman–Crippen LogP) is 5.34. The summed E-state index contributed by atoms with van der Waals surface area (Å²) < 4.78 is 16.5. The predicted molar refractivity (Wildman–Crippen MR) is 86.5 cm³/mol. The van der Waals surface area contributed by atoms with Crippen LogP contribution in [0.25, 0.3) is 0 Å². The first-order chi connectivity index (χ1) is 10.1. The van der Waals surface area contributed by atoms with E-state index >= 15 is 0 Å². The fourth-order valence-electron chi connectivity index (χ4n) is 2.96. The molecule has 0 saturated heterocycles. The molecule has 0 spiro atoms. The summed E-state index contributed by atoms with van der Waals surface area (Å²) in [5.41, 5.74) is 1.69. The fourth-order valence-corrected chi connectivity index (χ4v) is 3.31. The Morgan fingerprint density at radius 1 is 1.29 bits per heavy atom. The average Bonchev–Trinajstić information content (AvgIpc) is 2.85. The number of imidazole rings is 1. The summed E-state index contributed by atoms with van der Waals surface area (Å²) in [5.74, 6) is 0.541. The van der Waals surface area contributed by atoms with E-state index < -0.39 is 0 Å². The van der Waals surface area contributed by atoms with Gasteiger partial charge in [-0.3, -0.25) is 0 Å². The maximum atomic E-state index is 13.4. The number of hydrogen-bond acceptors (Lipinski definition) is 2. The van der Waals surface area contributed by atoms with Crippen molar-refractivity contribution >= 4 is 27.6 Å². The van der Waals surface area contributed by atoms with Gasteiger partial charge in [0.1, 0.15) is 5.82 Å². The van der Waals surface area contributed by atoms with E-state index in [1.807, 2.05) is 6.92 Å². The second-order valence-corrected chi connectivity index (χ2v) is 6.51. The molecule has 1 aromatic heterocycles. The molecule has 1 aliphatic carbocycles. The zero-order valence-corrected chi connectivity index (χ0v) is 13.7. The van der Waals surface area contributed by atoms with Gasteiger partial charge in [0, 0.05) is 16.7 Å². The molecule has 1 heterocycles. The number of nitrogens with one attached hydrogen (secondary N) is 1. The number of nitrogens with zero attached hydrogens (tertiary/aromatic N) is 2. The summed E-state index contributed by atoms with van der Waals surface area (Å²) in [6, 6.07) is 5.13. The van der Waals surface area contributed by atoms with Crippen molar-refractivity contribution in [2.45, 2.75) is 45.1 Å². The maximum Gasteiger partial charge on any atom is 0.207 e. The second kappa shape index (κ2) is 6.18. The van der Waals surface area contributed by atoms with Gasteiger partial charge in [0.25, 0.3) is 0 Å². The number of anilines is 2. The molecule has 0 bridgehead atoms. The van der Waals surface area contributed by atoms with Crippen molar-refractivity contribution in [1.82, 2.24) is 9.55 Å². The monoisotopic (exact) mass is 351 g/mol. The van der Waals surface area contributed by atoms with Crippen molar-refractivity contribution in [1.29, 1.82) is 0 Å². The van der Waals surface area contributed by atoms with E-state index in [1.54, 1.807) is 6.07 Å². The SMILES string of the molecule is Cc1cn(C2CCCCC2)c(Nc2cc(F)ccc2Br)n1. The molecule has 2 aromatic rings. The third-order valence-corrected chi connectivity index (χ3v) is 4.69. The zero-order valence-electron chi connectivity index (χ0n) is 12.1. The molecular formula is C16H19BrFN3. The minimum Gasteiger partial charge on any atom is -0.324 e. The number of benzene rings is 1. The van der Waals surface area contributed by atoms with Gasteiger partial charge in [0.2, 0.25) is 5.95 Å². The van der Waals surface area contributed by atoms with Crippen molar-refractivity contribution in [3.8, 4) is 0 Å². The molecule has 1 N–H and O–H groups in total. The molecular weight excluding hydrogens is 333 g/mol. The van der Waals surface area contributed by atoms with E-state index in [4.69, 9.17) is 0 Å². The third-order valence-electron chi connectivity index (χ3n) is 4.00. The molecule has 1 fully saturated rings. The van der Waals surface area contributed by atoms with Crippen LogP contribution in [-0.4, -0.2) is 9.55 Å². The van der Waals surface area contributed by atoms with Crippen LogP contribution in [-0.2, 0) is 0 Å². The number of halogens is 2. The highest BCUT2D eigenvalue weighted by atomic mass is 79.9. The zero-order chi connectivity index (χ0) is 14.8. The molecule has 0 aliphatic heterocycles. The number of hydrogen-bond donors (Lipinski definition) is 1. The summed E-state index contributed by atoms with van der Waals surface area (Å²) in [4.78, 5) is 4.56. The number of aromatic nitrogens is 2. The molecule has 5 heteroatoms. The lowest BCUT2D eigenvalue weighted by atomic mass is 9.95. The normalized spacial score (nSPS) is 16.1. The number of aryl methyl sites for hydroxylation is 1. The largest absolute Gasteiger partial charge is 0.324 e. The van der Waals surface area contributed by atoms with Crippen LogP contribution in [0.4, 0.5) is 16.0 Å². The van der Waals surface area contributed by atoms with Crippen LogP contribution in [0.1, 0.15) is 43.8 Å². The van der Waals surface area contributed by atoms with Crippen molar-refractivity contribution in [2.24, 2.45) is 0 Å². The summed E-state index contributed by atoms with van der Waals surface area (Å²) in [6.45, 7) is 1.99. The number of rotatable bonds is 3. The summed E-state index contributed by atoms with van der Waals surface area (Å²) >= 11 is 3.45. The Kier molecular flexibility index (Phi) is 4.29. The van der Waals surface area contributed by atoms with E-state index in [9.17, 15) is 4.39 Å². The Bertz CT molecular complexity index is 632. The van der Waals surface area contributed by atoms with E-state index in [1.165, 1.54) is 44.2 Å². The fraction of sp³-hybridized carbons (Fsp3) is 0.438. The van der Waals surface area contributed by atoms with Crippen molar-refractivity contribution in [3.05, 3.63) is 40.4 Å². The topological polar surface area (TPSA) is 29.9 Å². The molecule has 0 radical (unpaired) electrons. The summed E-state index contributed by atoms with van der Waals surface area (Å²) in [5, 5.41) is 3.26. The van der Waals surface area contributed by atoms with Crippen LogP contribution in [0, 0.1) is 12.7 Å². The Balaban J connectivity index is 1.89. The van der Waals surface area contributed by atoms with Crippen molar-refractivity contribution in [3.63, 3.8) is 0 Å². The second-order valence-electron chi connectivity index (χ2n) is 5.65. The molecule has 1 aromatic carbocycles. The van der Waals surface area contributed by atoms with E-state index in [2.05, 4.69) is 37.0 Å². The lowest BCUT2D eigenvalue weighted by Crippen LogP contribution is -2.14. The third kappa shape index (κ3) is 3.28. The molecule has 0 amide bonds. The lowest BCUT2D eigenvalue weighted by Gasteiger charge is -2.25. The molecule has 0 unspecified atom stereocenters. The molecule has 1 aliphatic rings. The maximum absolute atomic E-state index is 13.4. The molecule has 1 saturated carbocycles. The molecule has 3 nitrogen and oxygen atoms in total. The van der Waals surface area contributed by atoms with E-state index in [0.29, 0.717) is 11.7 Å². The minimum absolute atomic E-state index is 0.256. The van der Waals surface area contributed by atoms with Gasteiger partial charge >= 0.3 is 0 Å². The first-order valence-corrected chi connectivity index (χ1v) is 8.20. The quantitative estimate of drug-likeness (QED) is 0.808. The van der Waals surface area contributed by atoms with Crippen molar-refractivity contribution in [2.75, 3.05) is 5.32 Å². The average molecular weight is 352 g/mol. The van der Waals surface area contributed by atoms with Crippen LogP contribution in [0.5, 0.6) is 0 Å². The van der Waals surface area contributed by atoms with Crippen LogP contribution in [0.2, 0.25) is 0 Å². The van der Waals surface area contributed by atoms with Gasteiger partial charge in [0.15, 0.2) is 0 Å². The van der Waals surface area contributed by atoms with Gasteiger partial charge in [-0.1, -0.05) is 19.3 Å². The molecule has 3 rings (SSSR count). The lowest BCUT2D eigenvalue weighted by molar-refractivity contribution is 0.356. The van der Waals surface area contributed by atoms with Gasteiger partial charge in [0.05, 0.1) is 11.4 Å². The Morgan fingerprint density at radius 3 is 2.81 bits per heavy atom. The van der Waals surface area contributed by atoms with Crippen LogP contribution in [0.15, 0.2) is 28.9 Å². The molecule has 112 valence electrons. The van der Waals surface area contributed by atoms with E-state index in [0.717, 1.165) is 16.1 Å². The van der Waals surface area contributed by atoms with Crippen LogP contribution < -0.4 is 5.32 Å². The molecule has 0 atom stereocenters. The van der Waals surface area contributed by atoms with Gasteiger partial charge in [-0.15, -0.1) is 0 Å². The smallest absolute Gasteiger partial charge is 0.207 e. The Hall–Kier alpha value is -1.36. The van der Waals surface area contributed by atoms with Crippen LogP contribution >= 0.6 is 15.9 Å². The first kappa shape index (κ1) is 14.6. The highest BCUT2D eigenvalue weighted by Gasteiger charge is 2.19.